The molecule has 1 heterocycles. The molecule has 0 fully saturated rings. The molecule has 23 heavy (non-hydrogen) atoms. The minimum absolute atomic E-state index is 0.267. The summed E-state index contributed by atoms with van der Waals surface area (Å²) in [4.78, 5) is 0. The molecule has 0 spiro atoms. The van der Waals surface area contributed by atoms with E-state index in [0.717, 1.165) is 12.2 Å². The van der Waals surface area contributed by atoms with Crippen LogP contribution in [0.5, 0.6) is 5.75 Å². The Labute approximate surface area is 136 Å². The maximum Gasteiger partial charge on any atom is 0.119 e. The van der Waals surface area contributed by atoms with E-state index in [1.165, 1.54) is 16.8 Å². The highest BCUT2D eigenvalue weighted by Gasteiger charge is 2.37. The van der Waals surface area contributed by atoms with Gasteiger partial charge in [-0.05, 0) is 53.8 Å². The van der Waals surface area contributed by atoms with Gasteiger partial charge in [0.2, 0.25) is 0 Å². The molecule has 2 aliphatic rings. The summed E-state index contributed by atoms with van der Waals surface area (Å²) < 4.78 is 5.38. The molecule has 4 rings (SSSR count). The number of nitriles is 1. The molecule has 1 N–H and O–H groups in total. The molecule has 1 aliphatic heterocycles. The standard InChI is InChI=1S/C20H18N2O/c1-23-15-9-10-19-18(11-15)16-3-2-4-17(16)20(22-19)14-7-5-13(12-21)6-8-14/h2-3,5-11,16-17,20,22H,4H2,1H3/t16-,17+,20-/m1/s1. The van der Waals surface area contributed by atoms with Crippen LogP contribution in [0, 0.1) is 17.2 Å². The molecule has 114 valence electrons. The third kappa shape index (κ3) is 2.27. The zero-order valence-corrected chi connectivity index (χ0v) is 13.0. The van der Waals surface area contributed by atoms with Gasteiger partial charge in [-0.1, -0.05) is 24.3 Å². The van der Waals surface area contributed by atoms with Gasteiger partial charge in [-0.25, -0.2) is 0 Å². The van der Waals surface area contributed by atoms with E-state index < -0.39 is 0 Å². The third-order valence-electron chi connectivity index (χ3n) is 4.97. The molecule has 3 atom stereocenters. The smallest absolute Gasteiger partial charge is 0.119 e. The van der Waals surface area contributed by atoms with Crippen molar-refractivity contribution in [2.24, 2.45) is 5.92 Å². The summed E-state index contributed by atoms with van der Waals surface area (Å²) in [6.45, 7) is 0. The van der Waals surface area contributed by atoms with Crippen LogP contribution in [0.25, 0.3) is 0 Å². The van der Waals surface area contributed by atoms with Gasteiger partial charge in [0.15, 0.2) is 0 Å². The van der Waals surface area contributed by atoms with E-state index in [-0.39, 0.29) is 6.04 Å². The van der Waals surface area contributed by atoms with Crippen molar-refractivity contribution in [2.75, 3.05) is 12.4 Å². The molecular weight excluding hydrogens is 284 g/mol. The first-order valence-corrected chi connectivity index (χ1v) is 7.91. The molecule has 3 heteroatoms. The van der Waals surface area contributed by atoms with E-state index in [9.17, 15) is 0 Å². The van der Waals surface area contributed by atoms with Crippen LogP contribution in [0.3, 0.4) is 0 Å². The minimum Gasteiger partial charge on any atom is -0.497 e. The zero-order chi connectivity index (χ0) is 15.8. The van der Waals surface area contributed by atoms with Gasteiger partial charge in [-0.2, -0.15) is 5.26 Å². The maximum atomic E-state index is 8.98. The van der Waals surface area contributed by atoms with Crippen LogP contribution in [0.1, 0.15) is 35.1 Å². The Bertz CT molecular complexity index is 801. The van der Waals surface area contributed by atoms with Crippen LogP contribution in [-0.2, 0) is 0 Å². The summed E-state index contributed by atoms with van der Waals surface area (Å²) in [6.07, 6.45) is 5.67. The van der Waals surface area contributed by atoms with E-state index >= 15 is 0 Å². The van der Waals surface area contributed by atoms with Crippen molar-refractivity contribution in [1.29, 1.82) is 5.26 Å². The number of anilines is 1. The van der Waals surface area contributed by atoms with E-state index in [1.807, 2.05) is 18.2 Å². The molecule has 1 aliphatic carbocycles. The largest absolute Gasteiger partial charge is 0.497 e. The molecule has 0 unspecified atom stereocenters. The quantitative estimate of drug-likeness (QED) is 0.837. The van der Waals surface area contributed by atoms with Gasteiger partial charge in [-0.15, -0.1) is 0 Å². The van der Waals surface area contributed by atoms with Crippen molar-refractivity contribution in [1.82, 2.24) is 0 Å². The lowest BCUT2D eigenvalue weighted by Gasteiger charge is -2.37. The van der Waals surface area contributed by atoms with E-state index in [1.54, 1.807) is 7.11 Å². The predicted molar refractivity (Wildman–Crippen MR) is 90.5 cm³/mol. The first-order valence-electron chi connectivity index (χ1n) is 7.91. The van der Waals surface area contributed by atoms with Gasteiger partial charge in [-0.3, -0.25) is 0 Å². The Morgan fingerprint density at radius 1 is 1.17 bits per heavy atom. The Kier molecular flexibility index (Phi) is 3.31. The molecule has 3 nitrogen and oxygen atoms in total. The minimum atomic E-state index is 0.267. The maximum absolute atomic E-state index is 8.98. The summed E-state index contributed by atoms with van der Waals surface area (Å²) in [5.41, 5.74) is 4.43. The van der Waals surface area contributed by atoms with Gasteiger partial charge in [0, 0.05) is 11.6 Å². The Balaban J connectivity index is 1.74. The summed E-state index contributed by atoms with van der Waals surface area (Å²) in [5.74, 6) is 1.82. The van der Waals surface area contributed by atoms with Gasteiger partial charge in [0.1, 0.15) is 5.75 Å². The van der Waals surface area contributed by atoms with Crippen LogP contribution in [0.4, 0.5) is 5.69 Å². The Hall–Kier alpha value is -2.73. The molecule has 0 saturated heterocycles. The monoisotopic (exact) mass is 302 g/mol. The predicted octanol–water partition coefficient (Wildman–Crippen LogP) is 4.39. The van der Waals surface area contributed by atoms with Crippen molar-refractivity contribution >= 4 is 5.69 Å². The molecule has 2 aromatic carbocycles. The van der Waals surface area contributed by atoms with Gasteiger partial charge >= 0.3 is 0 Å². The lowest BCUT2D eigenvalue weighted by atomic mass is 9.77. The van der Waals surface area contributed by atoms with Crippen LogP contribution < -0.4 is 10.1 Å². The lowest BCUT2D eigenvalue weighted by molar-refractivity contribution is 0.405. The number of nitrogens with one attached hydrogen (secondary N) is 1. The summed E-state index contributed by atoms with van der Waals surface area (Å²) in [5, 5.41) is 12.7. The summed E-state index contributed by atoms with van der Waals surface area (Å²) in [6, 6.07) is 16.6. The highest BCUT2D eigenvalue weighted by Crippen LogP contribution is 2.50. The van der Waals surface area contributed by atoms with Crippen LogP contribution >= 0.6 is 0 Å². The van der Waals surface area contributed by atoms with E-state index in [4.69, 9.17) is 10.00 Å². The molecule has 0 radical (unpaired) electrons. The normalized spacial score (nSPS) is 24.3. The van der Waals surface area contributed by atoms with Gasteiger partial charge < -0.3 is 10.1 Å². The topological polar surface area (TPSA) is 45.0 Å². The van der Waals surface area contributed by atoms with E-state index in [0.29, 0.717) is 17.4 Å². The van der Waals surface area contributed by atoms with Crippen LogP contribution in [0.15, 0.2) is 54.6 Å². The number of methoxy groups -OCH3 is 1. The zero-order valence-electron chi connectivity index (χ0n) is 13.0. The van der Waals surface area contributed by atoms with Gasteiger partial charge in [0.25, 0.3) is 0 Å². The van der Waals surface area contributed by atoms with Crippen molar-refractivity contribution < 1.29 is 4.74 Å². The highest BCUT2D eigenvalue weighted by molar-refractivity contribution is 5.61. The fourth-order valence-electron chi connectivity index (χ4n) is 3.79. The number of rotatable bonds is 2. The number of allylic oxidation sites excluding steroid dienone is 2. The molecule has 0 aromatic heterocycles. The first kappa shape index (κ1) is 13.9. The van der Waals surface area contributed by atoms with Crippen molar-refractivity contribution in [3.8, 4) is 11.8 Å². The highest BCUT2D eigenvalue weighted by atomic mass is 16.5. The molecule has 0 saturated carbocycles. The van der Waals surface area contributed by atoms with Crippen molar-refractivity contribution in [3.05, 3.63) is 71.3 Å². The van der Waals surface area contributed by atoms with Crippen LogP contribution in [-0.4, -0.2) is 7.11 Å². The average molecular weight is 302 g/mol. The summed E-state index contributed by atoms with van der Waals surface area (Å²) in [7, 11) is 1.71. The molecular formula is C20H18N2O. The number of benzene rings is 2. The Morgan fingerprint density at radius 3 is 2.74 bits per heavy atom. The Morgan fingerprint density at radius 2 is 2.00 bits per heavy atom. The van der Waals surface area contributed by atoms with E-state index in [2.05, 4.69) is 47.8 Å². The number of ether oxygens (including phenoxy) is 1. The second kappa shape index (κ2) is 5.48. The molecule has 0 amide bonds. The SMILES string of the molecule is COc1ccc2c(c1)[C@@H]1C=CC[C@@H]1[C@@H](c1ccc(C#N)cc1)N2. The van der Waals surface area contributed by atoms with Gasteiger partial charge in [0.05, 0.1) is 24.8 Å². The third-order valence-corrected chi connectivity index (χ3v) is 4.97. The van der Waals surface area contributed by atoms with Crippen molar-refractivity contribution in [2.45, 2.75) is 18.4 Å². The number of nitrogens with zero attached hydrogens (tertiary/aromatic N) is 1. The number of hydrogen-bond acceptors (Lipinski definition) is 3. The lowest BCUT2D eigenvalue weighted by Crippen LogP contribution is -2.29. The fraction of sp³-hybridized carbons (Fsp3) is 0.250. The number of fused-ring (bicyclic) bond motifs is 3. The van der Waals surface area contributed by atoms with Crippen LogP contribution in [0.2, 0.25) is 0 Å². The fourth-order valence-corrected chi connectivity index (χ4v) is 3.79. The molecule has 0 bridgehead atoms. The summed E-state index contributed by atoms with van der Waals surface area (Å²) >= 11 is 0. The second-order valence-electron chi connectivity index (χ2n) is 6.16. The van der Waals surface area contributed by atoms with Crippen molar-refractivity contribution in [3.63, 3.8) is 0 Å². The average Bonchev–Trinajstić information content (AvgIpc) is 3.11. The first-order chi connectivity index (χ1) is 11.3. The second-order valence-corrected chi connectivity index (χ2v) is 6.16. The molecule has 2 aromatic rings. The number of hydrogen-bond donors (Lipinski definition) is 1.